The Kier molecular flexibility index (Phi) is 43.3. The number of rotatable bonds is 0. The Bertz CT molecular complexity index is 255. The van der Waals surface area contributed by atoms with E-state index in [1.54, 1.807) is 0 Å². The van der Waals surface area contributed by atoms with Crippen molar-refractivity contribution in [2.45, 2.75) is 0 Å². The fraction of sp³-hybridized carbons (Fsp3) is 0. The predicted octanol–water partition coefficient (Wildman–Crippen LogP) is -4.14. The molecule has 108 valence electrons. The zero-order valence-corrected chi connectivity index (χ0v) is 16.3. The van der Waals surface area contributed by atoms with E-state index in [1.165, 1.54) is 0 Å². The molecule has 0 aromatic carbocycles. The van der Waals surface area contributed by atoms with Gasteiger partial charge in [0.25, 0.3) is 0 Å². The second kappa shape index (κ2) is 21.2. The average Bonchev–Trinajstić information content (AvgIpc) is 1.80. The maximum absolute atomic E-state index is 8.88. The molecule has 0 aliphatic carbocycles. The molecule has 0 aromatic rings. The van der Waals surface area contributed by atoms with Crippen molar-refractivity contribution in [2.24, 2.45) is 0 Å². The van der Waals surface area contributed by atoms with E-state index in [1.807, 2.05) is 0 Å². The summed E-state index contributed by atoms with van der Waals surface area (Å²) < 4.78 is 48.8. The monoisotopic (exact) mass is 424 g/mol. The standard InChI is InChI=1S/BH3O3.Cu.Na.H3O4P.H2O4S.O.Zn/c2-1(3)4;;;2*1-5(2,3)4;;/h2-4H;;;(H3,1,2,3,4);(H2,1,2,3,4);;. The molecule has 0 atom stereocenters. The Hall–Kier alpha value is 1.87. The molecule has 12 nitrogen and oxygen atoms in total. The van der Waals surface area contributed by atoms with E-state index in [2.05, 4.69) is 0 Å². The van der Waals surface area contributed by atoms with Crippen LogP contribution in [0, 0.1) is 0 Å². The van der Waals surface area contributed by atoms with Crippen LogP contribution >= 0.6 is 7.82 Å². The molecule has 0 saturated carbocycles. The first-order valence-corrected chi connectivity index (χ1v) is 6.72. The topological polar surface area (TPSA) is 230 Å². The van der Waals surface area contributed by atoms with Crippen molar-refractivity contribution in [1.82, 2.24) is 0 Å². The van der Waals surface area contributed by atoms with Gasteiger partial charge in [0.15, 0.2) is 0 Å². The van der Waals surface area contributed by atoms with Crippen LogP contribution in [-0.4, -0.2) is 84.2 Å². The van der Waals surface area contributed by atoms with Gasteiger partial charge < -0.3 is 29.8 Å². The molecule has 8 N–H and O–H groups in total. The molecular formula is H8BCuNaO12PSZn. The Morgan fingerprint density at radius 3 is 0.944 bits per heavy atom. The van der Waals surface area contributed by atoms with E-state index < -0.39 is 25.5 Å². The predicted molar refractivity (Wildman–Crippen MR) is 47.3 cm³/mol. The molecule has 0 aliphatic rings. The molecule has 2 radical (unpaired) electrons. The molecule has 0 heterocycles. The van der Waals surface area contributed by atoms with Crippen molar-refractivity contribution < 1.29 is 90.7 Å². The van der Waals surface area contributed by atoms with Crippen molar-refractivity contribution in [2.75, 3.05) is 0 Å². The molecule has 0 amide bonds. The first-order chi connectivity index (χ1) is 6.73. The Labute approximate surface area is 145 Å². The quantitative estimate of drug-likeness (QED) is 0.105. The molecule has 0 aromatic heterocycles. The molecule has 0 saturated heterocycles. The normalized spacial score (nSPS) is 8.33. The van der Waals surface area contributed by atoms with E-state index in [9.17, 15) is 0 Å². The summed E-state index contributed by atoms with van der Waals surface area (Å²) in [5.74, 6) is 0. The van der Waals surface area contributed by atoms with Crippen LogP contribution < -0.4 is 0 Å². The molecule has 18 heavy (non-hydrogen) atoms. The van der Waals surface area contributed by atoms with Gasteiger partial charge in [0.2, 0.25) is 0 Å². The number of phosphoric acid groups is 1. The van der Waals surface area contributed by atoms with Crippen molar-refractivity contribution >= 4 is 55.1 Å². The first-order valence-electron chi connectivity index (χ1n) is 2.54. The molecule has 0 fully saturated rings. The van der Waals surface area contributed by atoms with Gasteiger partial charge in [-0.2, -0.15) is 8.42 Å². The van der Waals surface area contributed by atoms with Crippen molar-refractivity contribution in [3.63, 3.8) is 0 Å². The Morgan fingerprint density at radius 2 is 0.944 bits per heavy atom. The fourth-order valence-electron chi connectivity index (χ4n) is 0. The third kappa shape index (κ3) is 1460. The Morgan fingerprint density at radius 1 is 0.944 bits per heavy atom. The Balaban J connectivity index is -0.0000000268. The van der Waals surface area contributed by atoms with E-state index in [4.69, 9.17) is 55.4 Å². The van der Waals surface area contributed by atoms with Gasteiger partial charge in [0.05, 0.1) is 0 Å². The molecule has 0 spiro atoms. The van der Waals surface area contributed by atoms with Crippen LogP contribution in [-0.2, 0) is 53.9 Å². The number of hydrogen-bond acceptors (Lipinski definition) is 7. The summed E-state index contributed by atoms with van der Waals surface area (Å²) >= 11 is 0.125. The third-order valence-electron chi connectivity index (χ3n) is 0. The van der Waals surface area contributed by atoms with Gasteiger partial charge in [-0.05, 0) is 0 Å². The average molecular weight is 426 g/mol. The summed E-state index contributed by atoms with van der Waals surface area (Å²) in [4.78, 5) is 21.6. The molecule has 0 bridgehead atoms. The van der Waals surface area contributed by atoms with Gasteiger partial charge in [-0.15, -0.1) is 0 Å². The van der Waals surface area contributed by atoms with E-state index in [0.29, 0.717) is 0 Å². The summed E-state index contributed by atoms with van der Waals surface area (Å²) in [6.45, 7) is 0. The zero-order chi connectivity index (χ0) is 14.6. The van der Waals surface area contributed by atoms with Crippen LogP contribution in [0.1, 0.15) is 0 Å². The molecule has 0 unspecified atom stereocenters. The maximum atomic E-state index is 8.88. The second-order valence-electron chi connectivity index (χ2n) is 1.31. The first kappa shape index (κ1) is 36.8. The summed E-state index contributed by atoms with van der Waals surface area (Å²) in [6.07, 6.45) is 0. The molecule has 0 aliphatic heterocycles. The van der Waals surface area contributed by atoms with Crippen LogP contribution in [0.15, 0.2) is 0 Å². The van der Waals surface area contributed by atoms with E-state index in [0.717, 1.165) is 0 Å². The van der Waals surface area contributed by atoms with Crippen LogP contribution in [0.4, 0.5) is 0 Å². The van der Waals surface area contributed by atoms with Crippen molar-refractivity contribution in [3.8, 4) is 0 Å². The third-order valence-corrected chi connectivity index (χ3v) is 0. The number of hydrogen-bond donors (Lipinski definition) is 8. The molecule has 18 heteroatoms. The van der Waals surface area contributed by atoms with E-state index in [-0.39, 0.29) is 64.9 Å². The summed E-state index contributed by atoms with van der Waals surface area (Å²) in [5, 5.41) is 21.5. The summed E-state index contributed by atoms with van der Waals surface area (Å²) in [6, 6.07) is 0. The minimum atomic E-state index is -4.67. The van der Waals surface area contributed by atoms with Crippen molar-refractivity contribution in [1.29, 1.82) is 0 Å². The summed E-state index contributed by atoms with van der Waals surface area (Å²) in [5.41, 5.74) is 0. The van der Waals surface area contributed by atoms with Crippen molar-refractivity contribution in [3.05, 3.63) is 0 Å². The van der Waals surface area contributed by atoms with Gasteiger partial charge in [-0.3, -0.25) is 9.11 Å². The summed E-state index contributed by atoms with van der Waals surface area (Å²) in [7, 11) is -11.5. The SMILES string of the molecule is O=P(O)(O)O.O=S(=O)(O)O.OB(O)O.[Cu].[Na].[O]=[Zn]. The van der Waals surface area contributed by atoms with Gasteiger partial charge in [-0.25, -0.2) is 4.57 Å². The van der Waals surface area contributed by atoms with Gasteiger partial charge in [0, 0.05) is 46.6 Å². The van der Waals surface area contributed by atoms with Gasteiger partial charge in [0.1, 0.15) is 0 Å². The second-order valence-corrected chi connectivity index (χ2v) is 3.23. The fourth-order valence-corrected chi connectivity index (χ4v) is 0. The zero-order valence-electron chi connectivity index (χ0n) is 8.65. The van der Waals surface area contributed by atoms with Crippen LogP contribution in [0.25, 0.3) is 0 Å². The van der Waals surface area contributed by atoms with Crippen LogP contribution in [0.5, 0.6) is 0 Å². The van der Waals surface area contributed by atoms with E-state index >= 15 is 0 Å². The minimum absolute atomic E-state index is 0. The van der Waals surface area contributed by atoms with Gasteiger partial charge in [-0.1, -0.05) is 0 Å². The van der Waals surface area contributed by atoms with Crippen LogP contribution in [0.2, 0.25) is 0 Å². The van der Waals surface area contributed by atoms with Crippen LogP contribution in [0.3, 0.4) is 0 Å². The molecular weight excluding hydrogens is 418 g/mol. The van der Waals surface area contributed by atoms with Gasteiger partial charge >= 0.3 is 47.4 Å². The molecule has 0 rings (SSSR count).